The van der Waals surface area contributed by atoms with Gasteiger partial charge in [0.2, 0.25) is 0 Å². The van der Waals surface area contributed by atoms with E-state index in [1.165, 1.54) is 3.57 Å². The van der Waals surface area contributed by atoms with Crippen LogP contribution >= 0.6 is 113 Å². The van der Waals surface area contributed by atoms with E-state index in [1.807, 2.05) is 6.92 Å². The molecule has 0 aliphatic carbocycles. The summed E-state index contributed by atoms with van der Waals surface area (Å²) in [6, 6.07) is 0. The summed E-state index contributed by atoms with van der Waals surface area (Å²) in [7, 11) is 0. The number of ether oxygens (including phenoxy) is 2. The quantitative estimate of drug-likeness (QED) is 0.109. The molecule has 0 aliphatic heterocycles. The van der Waals surface area contributed by atoms with Gasteiger partial charge in [-0.05, 0) is 120 Å². The van der Waals surface area contributed by atoms with Crippen molar-refractivity contribution in [1.29, 1.82) is 0 Å². The van der Waals surface area contributed by atoms with E-state index in [4.69, 9.17) is 9.47 Å². The predicted molar refractivity (Wildman–Crippen MR) is 112 cm³/mol. The van der Waals surface area contributed by atoms with Crippen molar-refractivity contribution in [3.63, 3.8) is 0 Å². The molecule has 0 heterocycles. The molecule has 0 radical (unpaired) electrons. The van der Waals surface area contributed by atoms with Gasteiger partial charge >= 0.3 is 5.97 Å². The number of rotatable bonds is 4. The van der Waals surface area contributed by atoms with Crippen LogP contribution in [0.25, 0.3) is 0 Å². The largest absolute Gasteiger partial charge is 0.435 e. The van der Waals surface area contributed by atoms with Crippen molar-refractivity contribution < 1.29 is 14.3 Å². The van der Waals surface area contributed by atoms with Crippen LogP contribution in [0.3, 0.4) is 0 Å². The minimum Gasteiger partial charge on any atom is -0.435 e. The second kappa shape index (κ2) is 8.67. The first-order chi connectivity index (χ1) is 8.41. The molecule has 100 valence electrons. The van der Waals surface area contributed by atoms with Gasteiger partial charge in [-0.1, -0.05) is 0 Å². The second-order valence-corrected chi connectivity index (χ2v) is 8.38. The van der Waals surface area contributed by atoms with Gasteiger partial charge in [-0.25, -0.2) is 4.79 Å². The lowest BCUT2D eigenvalue weighted by Crippen LogP contribution is -2.14. The Labute approximate surface area is 174 Å². The summed E-state index contributed by atoms with van der Waals surface area (Å²) in [4.78, 5) is 12.1. The molecule has 3 nitrogen and oxygen atoms in total. The molecule has 0 amide bonds. The average molecular weight is 810 g/mol. The third kappa shape index (κ3) is 4.40. The van der Waals surface area contributed by atoms with Crippen molar-refractivity contribution in [3.05, 3.63) is 23.4 Å². The fourth-order valence-electron chi connectivity index (χ4n) is 1.03. The third-order valence-corrected chi connectivity index (χ3v) is 11.4. The molecule has 0 saturated carbocycles. The van der Waals surface area contributed by atoms with Crippen LogP contribution in [0.5, 0.6) is 0 Å². The first kappa shape index (κ1) is 18.3. The van der Waals surface area contributed by atoms with Gasteiger partial charge in [-0.15, -0.1) is 0 Å². The van der Waals surface area contributed by atoms with Gasteiger partial charge in [0, 0.05) is 24.5 Å². The van der Waals surface area contributed by atoms with E-state index in [1.54, 1.807) is 0 Å². The van der Waals surface area contributed by atoms with Crippen molar-refractivity contribution in [2.75, 3.05) is 13.4 Å². The monoisotopic (exact) mass is 810 g/mol. The number of carbonyl (C=O) groups is 1. The molecule has 0 spiro atoms. The average Bonchev–Trinajstić information content (AvgIpc) is 2.34. The van der Waals surface area contributed by atoms with E-state index in [0.717, 1.165) is 14.3 Å². The molecule has 8 heteroatoms. The summed E-state index contributed by atoms with van der Waals surface area (Å²) in [5.41, 5.74) is 0.630. The fourth-order valence-corrected chi connectivity index (χ4v) is 6.24. The van der Waals surface area contributed by atoms with Gasteiger partial charge in [-0.3, -0.25) is 0 Å². The molecule has 0 fully saturated rings. The number of hydrogen-bond acceptors (Lipinski definition) is 3. The van der Waals surface area contributed by atoms with E-state index < -0.39 is 0 Å². The molecule has 18 heavy (non-hydrogen) atoms. The summed E-state index contributed by atoms with van der Waals surface area (Å²) in [6.45, 7) is 2.39. The van der Waals surface area contributed by atoms with Crippen molar-refractivity contribution in [2.45, 2.75) is 6.92 Å². The molecular weight excluding hydrogens is 803 g/mol. The van der Waals surface area contributed by atoms with Gasteiger partial charge in [0.15, 0.2) is 6.79 Å². The number of esters is 1. The minimum absolute atomic E-state index is 0.000633. The summed E-state index contributed by atoms with van der Waals surface area (Å²) < 4.78 is 15.3. The zero-order valence-electron chi connectivity index (χ0n) is 9.03. The number of carbonyl (C=O) groups excluding carboxylic acids is 1. The smallest absolute Gasteiger partial charge is 0.342 e. The first-order valence-corrected chi connectivity index (χ1v) is 10.1. The van der Waals surface area contributed by atoms with Crippen LogP contribution < -0.4 is 0 Å². The van der Waals surface area contributed by atoms with E-state index in [0.29, 0.717) is 12.2 Å². The van der Waals surface area contributed by atoms with Crippen molar-refractivity contribution in [3.8, 4) is 0 Å². The zero-order chi connectivity index (χ0) is 13.9. The SMILES string of the molecule is CCOCOC(=O)c1c(I)c(I)c(I)c(I)c1I. The van der Waals surface area contributed by atoms with E-state index >= 15 is 0 Å². The molecule has 0 aliphatic rings. The summed E-state index contributed by atoms with van der Waals surface area (Å²) in [5.74, 6) is -0.329. The molecule has 0 atom stereocenters. The van der Waals surface area contributed by atoms with Crippen LogP contribution in [0.15, 0.2) is 0 Å². The summed E-state index contributed by atoms with van der Waals surface area (Å²) in [6.07, 6.45) is 0. The lowest BCUT2D eigenvalue weighted by molar-refractivity contribution is -0.0276. The van der Waals surface area contributed by atoms with Crippen LogP contribution in [0, 0.1) is 17.9 Å². The molecule has 0 unspecified atom stereocenters. The van der Waals surface area contributed by atoms with Gasteiger partial charge in [-0.2, -0.15) is 0 Å². The van der Waals surface area contributed by atoms with E-state index in [-0.39, 0.29) is 12.8 Å². The highest BCUT2D eigenvalue weighted by atomic mass is 127. The second-order valence-electron chi connectivity index (χ2n) is 2.99. The van der Waals surface area contributed by atoms with Gasteiger partial charge in [0.1, 0.15) is 0 Å². The fraction of sp³-hybridized carbons (Fsp3) is 0.300. The van der Waals surface area contributed by atoms with Crippen molar-refractivity contribution >= 4 is 119 Å². The first-order valence-electron chi connectivity index (χ1n) is 4.68. The zero-order valence-corrected chi connectivity index (χ0v) is 19.8. The highest BCUT2D eigenvalue weighted by Gasteiger charge is 2.23. The number of halogens is 5. The predicted octanol–water partition coefficient (Wildman–Crippen LogP) is 4.86. The molecule has 1 aromatic rings. The van der Waals surface area contributed by atoms with Gasteiger partial charge < -0.3 is 9.47 Å². The van der Waals surface area contributed by atoms with Gasteiger partial charge in [0.25, 0.3) is 0 Å². The Balaban J connectivity index is 3.13. The summed E-state index contributed by atoms with van der Waals surface area (Å²) >= 11 is 11.2. The maximum absolute atomic E-state index is 12.1. The minimum atomic E-state index is -0.329. The number of hydrogen-bond donors (Lipinski definition) is 0. The lowest BCUT2D eigenvalue weighted by atomic mass is 10.2. The Morgan fingerprint density at radius 2 is 1.39 bits per heavy atom. The van der Waals surface area contributed by atoms with Crippen LogP contribution in [0.2, 0.25) is 0 Å². The molecule has 1 aromatic carbocycles. The van der Waals surface area contributed by atoms with Gasteiger partial charge in [0.05, 0.1) is 5.56 Å². The Bertz CT molecular complexity index is 446. The normalized spacial score (nSPS) is 10.6. The Morgan fingerprint density at radius 3 is 1.83 bits per heavy atom. The lowest BCUT2D eigenvalue weighted by Gasteiger charge is -2.13. The summed E-state index contributed by atoms with van der Waals surface area (Å²) in [5, 5.41) is 0. The molecule has 0 aromatic heterocycles. The van der Waals surface area contributed by atoms with Crippen molar-refractivity contribution in [2.24, 2.45) is 0 Å². The Hall–Kier alpha value is 2.30. The number of benzene rings is 1. The topological polar surface area (TPSA) is 35.5 Å². The van der Waals surface area contributed by atoms with E-state index in [9.17, 15) is 4.79 Å². The highest BCUT2D eigenvalue weighted by Crippen LogP contribution is 2.33. The Kier molecular flexibility index (Phi) is 8.84. The highest BCUT2D eigenvalue weighted by molar-refractivity contribution is 14.1. The van der Waals surface area contributed by atoms with Crippen molar-refractivity contribution in [1.82, 2.24) is 0 Å². The van der Waals surface area contributed by atoms with Crippen LogP contribution in [0.1, 0.15) is 17.3 Å². The Morgan fingerprint density at radius 1 is 0.944 bits per heavy atom. The molecule has 1 rings (SSSR count). The molecule has 0 N–H and O–H groups in total. The van der Waals surface area contributed by atoms with Crippen LogP contribution in [-0.4, -0.2) is 19.4 Å². The molecule has 0 bridgehead atoms. The molecular formula is C10H7I5O3. The van der Waals surface area contributed by atoms with E-state index in [2.05, 4.69) is 113 Å². The third-order valence-electron chi connectivity index (χ3n) is 1.89. The maximum Gasteiger partial charge on any atom is 0.342 e. The molecule has 0 saturated heterocycles. The standard InChI is InChI=1S/C10H7I5O3/c1-2-17-3-18-10(16)4-5(11)7(13)9(15)8(14)6(4)12/h2-3H2,1H3. The van der Waals surface area contributed by atoms with Crippen LogP contribution in [-0.2, 0) is 9.47 Å². The van der Waals surface area contributed by atoms with Crippen LogP contribution in [0.4, 0.5) is 0 Å². The maximum atomic E-state index is 12.1.